The van der Waals surface area contributed by atoms with E-state index in [0.717, 1.165) is 0 Å². The van der Waals surface area contributed by atoms with Gasteiger partial charge in [-0.15, -0.1) is 5.10 Å². The van der Waals surface area contributed by atoms with E-state index in [9.17, 15) is 4.79 Å². The first-order valence-corrected chi connectivity index (χ1v) is 9.27. The second kappa shape index (κ2) is 8.95. The summed E-state index contributed by atoms with van der Waals surface area (Å²) >= 11 is 12.0. The lowest BCUT2D eigenvalue weighted by Gasteiger charge is -2.11. The van der Waals surface area contributed by atoms with E-state index in [1.807, 2.05) is 13.8 Å². The molecular formula is C19H17Cl2N3O4. The average molecular weight is 422 g/mol. The highest BCUT2D eigenvalue weighted by Crippen LogP contribution is 2.31. The maximum Gasteiger partial charge on any atom is 0.322 e. The Morgan fingerprint density at radius 2 is 1.79 bits per heavy atom. The van der Waals surface area contributed by atoms with Gasteiger partial charge in [0.25, 0.3) is 11.8 Å². The highest BCUT2D eigenvalue weighted by molar-refractivity contribution is 6.36. The molecule has 7 nitrogen and oxygen atoms in total. The Kier molecular flexibility index (Phi) is 6.38. The van der Waals surface area contributed by atoms with Gasteiger partial charge >= 0.3 is 6.01 Å². The standard InChI is InChI=1S/C19H17Cl2N3O4/c1-3-26-15-8-5-11(9-16(15)27-4-2)17(25)22-19-24-23-18(28-19)13-7-6-12(20)10-14(13)21/h5-10H,3-4H2,1-2H3,(H,22,24,25). The van der Waals surface area contributed by atoms with Crippen LogP contribution in [0.3, 0.4) is 0 Å². The number of benzene rings is 2. The minimum atomic E-state index is -0.429. The van der Waals surface area contributed by atoms with Gasteiger partial charge in [0.2, 0.25) is 0 Å². The van der Waals surface area contributed by atoms with E-state index in [1.165, 1.54) is 0 Å². The first-order valence-electron chi connectivity index (χ1n) is 8.51. The number of amides is 1. The van der Waals surface area contributed by atoms with Crippen LogP contribution in [0.25, 0.3) is 11.5 Å². The summed E-state index contributed by atoms with van der Waals surface area (Å²) in [5, 5.41) is 11.1. The lowest BCUT2D eigenvalue weighted by atomic mass is 10.2. The molecule has 0 saturated carbocycles. The van der Waals surface area contributed by atoms with Crippen molar-refractivity contribution >= 4 is 35.1 Å². The number of nitrogens with one attached hydrogen (secondary N) is 1. The molecular weight excluding hydrogens is 405 g/mol. The molecule has 146 valence electrons. The Morgan fingerprint density at radius 3 is 2.50 bits per heavy atom. The Morgan fingerprint density at radius 1 is 1.04 bits per heavy atom. The number of rotatable bonds is 7. The second-order valence-corrected chi connectivity index (χ2v) is 6.36. The van der Waals surface area contributed by atoms with Crippen LogP contribution in [0.4, 0.5) is 6.01 Å². The number of halogens is 2. The third kappa shape index (κ3) is 4.55. The van der Waals surface area contributed by atoms with E-state index in [4.69, 9.17) is 37.1 Å². The third-order valence-corrected chi connectivity index (χ3v) is 4.16. The normalized spacial score (nSPS) is 10.6. The van der Waals surface area contributed by atoms with Gasteiger partial charge in [0, 0.05) is 10.6 Å². The van der Waals surface area contributed by atoms with Gasteiger partial charge in [0.05, 0.1) is 23.8 Å². The van der Waals surface area contributed by atoms with Crippen molar-refractivity contribution in [1.82, 2.24) is 10.2 Å². The van der Waals surface area contributed by atoms with Gasteiger partial charge in [-0.2, -0.15) is 0 Å². The Balaban J connectivity index is 1.78. The maximum absolute atomic E-state index is 12.5. The lowest BCUT2D eigenvalue weighted by Crippen LogP contribution is -2.12. The zero-order valence-electron chi connectivity index (χ0n) is 15.2. The molecule has 0 fully saturated rings. The fraction of sp³-hybridized carbons (Fsp3) is 0.211. The summed E-state index contributed by atoms with van der Waals surface area (Å²) in [4.78, 5) is 12.5. The van der Waals surface area contributed by atoms with Crippen molar-refractivity contribution in [1.29, 1.82) is 0 Å². The van der Waals surface area contributed by atoms with E-state index in [-0.39, 0.29) is 11.9 Å². The number of ether oxygens (including phenoxy) is 2. The summed E-state index contributed by atoms with van der Waals surface area (Å²) in [5.74, 6) is 0.787. The van der Waals surface area contributed by atoms with Crippen molar-refractivity contribution < 1.29 is 18.7 Å². The van der Waals surface area contributed by atoms with Gasteiger partial charge in [-0.1, -0.05) is 28.3 Å². The zero-order chi connectivity index (χ0) is 20.1. The first-order chi connectivity index (χ1) is 13.5. The number of carbonyl (C=O) groups is 1. The number of anilines is 1. The topological polar surface area (TPSA) is 86.5 Å². The molecule has 0 saturated heterocycles. The van der Waals surface area contributed by atoms with Crippen molar-refractivity contribution in [2.24, 2.45) is 0 Å². The molecule has 0 radical (unpaired) electrons. The van der Waals surface area contributed by atoms with Crippen LogP contribution >= 0.6 is 23.2 Å². The summed E-state index contributed by atoms with van der Waals surface area (Å²) in [6, 6.07) is 9.71. The molecule has 0 aliphatic rings. The molecule has 0 aliphatic carbocycles. The summed E-state index contributed by atoms with van der Waals surface area (Å²) in [6.45, 7) is 4.66. The summed E-state index contributed by atoms with van der Waals surface area (Å²) in [5.41, 5.74) is 0.870. The van der Waals surface area contributed by atoms with Crippen molar-refractivity contribution in [2.75, 3.05) is 18.5 Å². The molecule has 2 aromatic carbocycles. The summed E-state index contributed by atoms with van der Waals surface area (Å²) < 4.78 is 16.5. The molecule has 0 aliphatic heterocycles. The van der Waals surface area contributed by atoms with Gasteiger partial charge in [0.15, 0.2) is 11.5 Å². The van der Waals surface area contributed by atoms with Crippen LogP contribution in [-0.2, 0) is 0 Å². The van der Waals surface area contributed by atoms with E-state index >= 15 is 0 Å². The molecule has 0 spiro atoms. The first kappa shape index (κ1) is 20.0. The zero-order valence-corrected chi connectivity index (χ0v) is 16.7. The number of hydrogen-bond acceptors (Lipinski definition) is 6. The van der Waals surface area contributed by atoms with Gasteiger partial charge in [-0.05, 0) is 50.2 Å². The number of aromatic nitrogens is 2. The largest absolute Gasteiger partial charge is 0.490 e. The van der Waals surface area contributed by atoms with E-state index in [1.54, 1.807) is 36.4 Å². The molecule has 3 aromatic rings. The number of carbonyl (C=O) groups excluding carboxylic acids is 1. The molecule has 3 rings (SSSR count). The Hall–Kier alpha value is -2.77. The smallest absolute Gasteiger partial charge is 0.322 e. The van der Waals surface area contributed by atoms with Crippen LogP contribution in [0.15, 0.2) is 40.8 Å². The van der Waals surface area contributed by atoms with Crippen LogP contribution in [0.2, 0.25) is 10.0 Å². The van der Waals surface area contributed by atoms with E-state index < -0.39 is 5.91 Å². The lowest BCUT2D eigenvalue weighted by molar-refractivity contribution is 0.102. The monoisotopic (exact) mass is 421 g/mol. The molecule has 1 aromatic heterocycles. The number of nitrogens with zero attached hydrogens (tertiary/aromatic N) is 2. The maximum atomic E-state index is 12.5. The van der Waals surface area contributed by atoms with E-state index in [2.05, 4.69) is 15.5 Å². The van der Waals surface area contributed by atoms with Gasteiger partial charge in [0.1, 0.15) is 0 Å². The van der Waals surface area contributed by atoms with Crippen LogP contribution in [0, 0.1) is 0 Å². The van der Waals surface area contributed by atoms with Crippen molar-refractivity contribution in [3.05, 3.63) is 52.0 Å². The fourth-order valence-electron chi connectivity index (χ4n) is 2.41. The van der Waals surface area contributed by atoms with Crippen LogP contribution in [0.5, 0.6) is 11.5 Å². The highest BCUT2D eigenvalue weighted by atomic mass is 35.5. The predicted octanol–water partition coefficient (Wildman–Crippen LogP) is 5.09. The highest BCUT2D eigenvalue weighted by Gasteiger charge is 2.16. The Labute approximate surface area is 171 Å². The molecule has 28 heavy (non-hydrogen) atoms. The molecule has 1 N–H and O–H groups in total. The minimum absolute atomic E-state index is 0.0575. The van der Waals surface area contributed by atoms with E-state index in [0.29, 0.717) is 45.9 Å². The molecule has 0 unspecified atom stereocenters. The summed E-state index contributed by atoms with van der Waals surface area (Å²) in [7, 11) is 0. The second-order valence-electron chi connectivity index (χ2n) is 5.52. The van der Waals surface area contributed by atoms with Gasteiger partial charge < -0.3 is 13.9 Å². The van der Waals surface area contributed by atoms with Crippen LogP contribution in [-0.4, -0.2) is 29.3 Å². The average Bonchev–Trinajstić information content (AvgIpc) is 3.11. The van der Waals surface area contributed by atoms with Crippen molar-refractivity contribution in [2.45, 2.75) is 13.8 Å². The number of hydrogen-bond donors (Lipinski definition) is 1. The van der Waals surface area contributed by atoms with Crippen molar-refractivity contribution in [3.63, 3.8) is 0 Å². The molecule has 1 amide bonds. The van der Waals surface area contributed by atoms with Crippen molar-refractivity contribution in [3.8, 4) is 23.0 Å². The summed E-state index contributed by atoms with van der Waals surface area (Å²) in [6.07, 6.45) is 0. The SMILES string of the molecule is CCOc1ccc(C(=O)Nc2nnc(-c3ccc(Cl)cc3Cl)o2)cc1OCC. The quantitative estimate of drug-likeness (QED) is 0.571. The molecule has 0 atom stereocenters. The van der Waals surface area contributed by atoms with Gasteiger partial charge in [-0.25, -0.2) is 0 Å². The van der Waals surface area contributed by atoms with Crippen LogP contribution < -0.4 is 14.8 Å². The Bertz CT molecular complexity index is 991. The molecule has 0 bridgehead atoms. The third-order valence-electron chi connectivity index (χ3n) is 3.61. The molecule has 9 heteroatoms. The van der Waals surface area contributed by atoms with Gasteiger partial charge in [-0.3, -0.25) is 10.1 Å². The van der Waals surface area contributed by atoms with Crippen LogP contribution in [0.1, 0.15) is 24.2 Å². The fourth-order valence-corrected chi connectivity index (χ4v) is 2.90. The molecule has 1 heterocycles. The predicted molar refractivity (Wildman–Crippen MR) is 106 cm³/mol. The minimum Gasteiger partial charge on any atom is -0.490 e.